The summed E-state index contributed by atoms with van der Waals surface area (Å²) in [6, 6.07) is 17.9. The Morgan fingerprint density at radius 1 is 1.04 bits per heavy atom. The van der Waals surface area contributed by atoms with Crippen molar-refractivity contribution in [1.82, 2.24) is 15.2 Å². The molecule has 2 aromatic carbocycles. The Bertz CT molecular complexity index is 1550. The number of hydrogen-bond acceptors (Lipinski definition) is 5. The number of hydrogen-bond donors (Lipinski definition) is 3. The third-order valence-electron chi connectivity index (χ3n) is 8.30. The predicted molar refractivity (Wildman–Crippen MR) is 175 cm³/mol. The second-order valence-electron chi connectivity index (χ2n) is 12.4. The summed E-state index contributed by atoms with van der Waals surface area (Å²) in [5.74, 6) is -0.643. The molecule has 9 heteroatoms. The van der Waals surface area contributed by atoms with Crippen molar-refractivity contribution in [3.63, 3.8) is 0 Å². The molecule has 2 fully saturated rings. The fraction of sp³-hybridized carbons (Fsp3) is 0.389. The number of aromatic amines is 1. The van der Waals surface area contributed by atoms with Gasteiger partial charge in [-0.3, -0.25) is 19.4 Å². The Kier molecular flexibility index (Phi) is 11.1. The van der Waals surface area contributed by atoms with Crippen LogP contribution in [0.5, 0.6) is 0 Å². The zero-order valence-electron chi connectivity index (χ0n) is 26.7. The molecule has 1 saturated carbocycles. The van der Waals surface area contributed by atoms with Crippen molar-refractivity contribution in [2.75, 3.05) is 13.1 Å². The Morgan fingerprint density at radius 3 is 2.38 bits per heavy atom. The number of ketones is 1. The number of piperidine rings is 1. The van der Waals surface area contributed by atoms with Gasteiger partial charge < -0.3 is 20.9 Å². The smallest absolute Gasteiger partial charge is 0.270 e. The molecule has 5 rings (SSSR count). The van der Waals surface area contributed by atoms with Gasteiger partial charge in [0.2, 0.25) is 0 Å². The molecule has 0 radical (unpaired) electrons. The Balaban J connectivity index is 0.000000242. The number of aromatic nitrogens is 1. The van der Waals surface area contributed by atoms with Crippen molar-refractivity contribution in [3.8, 4) is 0 Å². The number of allylic oxidation sites excluding steroid dienone is 1. The second kappa shape index (κ2) is 15.0. The van der Waals surface area contributed by atoms with Crippen LogP contribution in [0, 0.1) is 11.2 Å². The number of benzene rings is 2. The van der Waals surface area contributed by atoms with Crippen molar-refractivity contribution < 1.29 is 18.8 Å². The minimum absolute atomic E-state index is 0.0854. The van der Waals surface area contributed by atoms with Crippen molar-refractivity contribution in [2.24, 2.45) is 16.1 Å². The van der Waals surface area contributed by atoms with Gasteiger partial charge in [0.25, 0.3) is 11.8 Å². The van der Waals surface area contributed by atoms with Gasteiger partial charge in [-0.25, -0.2) is 4.39 Å². The van der Waals surface area contributed by atoms with E-state index in [9.17, 15) is 18.8 Å². The predicted octanol–water partition coefficient (Wildman–Crippen LogP) is 6.00. The van der Waals surface area contributed by atoms with Crippen LogP contribution in [-0.4, -0.2) is 52.3 Å². The van der Waals surface area contributed by atoms with Gasteiger partial charge in [-0.05, 0) is 66.8 Å². The maximum atomic E-state index is 13.2. The molecule has 0 spiro atoms. The van der Waals surface area contributed by atoms with Gasteiger partial charge in [-0.2, -0.15) is 0 Å². The van der Waals surface area contributed by atoms with Gasteiger partial charge in [0.05, 0.1) is 18.8 Å². The van der Waals surface area contributed by atoms with E-state index in [0.29, 0.717) is 36.1 Å². The van der Waals surface area contributed by atoms with Gasteiger partial charge in [0.15, 0.2) is 5.78 Å². The number of nitrogens with two attached hydrogens (primary N) is 1. The number of carbonyl (C=O) groups excluding carboxylic acids is 3. The lowest BCUT2D eigenvalue weighted by Crippen LogP contribution is -2.51. The van der Waals surface area contributed by atoms with Crippen LogP contribution in [0.4, 0.5) is 4.39 Å². The highest BCUT2D eigenvalue weighted by atomic mass is 19.1. The third kappa shape index (κ3) is 8.77. The number of H-pyrrole nitrogens is 1. The summed E-state index contributed by atoms with van der Waals surface area (Å²) in [6.45, 7) is 8.41. The van der Waals surface area contributed by atoms with Crippen LogP contribution in [-0.2, 0) is 17.8 Å². The molecule has 3 aromatic rings. The van der Waals surface area contributed by atoms with Gasteiger partial charge in [0.1, 0.15) is 11.5 Å². The molecule has 2 aliphatic rings. The average molecular weight is 614 g/mol. The summed E-state index contributed by atoms with van der Waals surface area (Å²) >= 11 is 0. The van der Waals surface area contributed by atoms with Crippen molar-refractivity contribution in [3.05, 3.63) is 106 Å². The maximum Gasteiger partial charge on any atom is 0.270 e. The van der Waals surface area contributed by atoms with Crippen molar-refractivity contribution in [2.45, 2.75) is 72.4 Å². The van der Waals surface area contributed by atoms with Crippen LogP contribution >= 0.6 is 0 Å². The van der Waals surface area contributed by atoms with E-state index in [0.717, 1.165) is 30.4 Å². The van der Waals surface area contributed by atoms with E-state index >= 15 is 0 Å². The lowest BCUT2D eigenvalue weighted by Gasteiger charge is -2.41. The number of nitrogens with zero attached hydrogens (tertiary/aromatic N) is 2. The molecule has 2 amide bonds. The molecule has 4 N–H and O–H groups in total. The van der Waals surface area contributed by atoms with Gasteiger partial charge in [-0.15, -0.1) is 0 Å². The maximum absolute atomic E-state index is 13.2. The van der Waals surface area contributed by atoms with E-state index in [2.05, 4.69) is 23.3 Å². The van der Waals surface area contributed by atoms with Crippen LogP contribution in [0.25, 0.3) is 0 Å². The number of Topliss-reactive ketones (excluding diaryl/α,β-unsaturated/α-hetero) is 1. The minimum Gasteiger partial charge on any atom is -0.396 e. The molecule has 1 aromatic heterocycles. The summed E-state index contributed by atoms with van der Waals surface area (Å²) in [5, 5.41) is 3.11. The number of carbonyl (C=O) groups is 3. The number of nitrogens with one attached hydrogen (secondary N) is 2. The fourth-order valence-corrected chi connectivity index (χ4v) is 5.83. The minimum atomic E-state index is -0.518. The SMILES string of the molecule is CC(=O)/C(N)=C1\CN(C(=O)c2ccc[nH]2)CC(C)(C)C1=NCc1ccc(F)cc1.CCc1cccc(C(=O)NC2CCCC2)c1. The van der Waals surface area contributed by atoms with Crippen LogP contribution in [0.1, 0.15) is 85.4 Å². The standard InChI is InChI=1S/C22H25FN4O2.C14H19NO/c1-14(28)19(24)17-12-27(21(29)18-5-4-10-25-18)13-22(2,3)20(17)26-11-15-6-8-16(23)9-7-15;1-2-11-6-5-7-12(10-11)14(16)15-13-8-3-4-9-13/h4-10,25H,11-13,24H2,1-3H3;5-7,10,13H,2-4,8-9H2,1H3,(H,15,16)/b19-17-,26-20?;. The van der Waals surface area contributed by atoms with E-state index in [1.807, 2.05) is 32.0 Å². The Labute approximate surface area is 265 Å². The molecule has 0 unspecified atom stereocenters. The van der Waals surface area contributed by atoms with Crippen LogP contribution in [0.15, 0.2) is 83.1 Å². The van der Waals surface area contributed by atoms with Crippen LogP contribution < -0.4 is 11.1 Å². The number of likely N-dealkylation sites (tertiary alicyclic amines) is 1. The lowest BCUT2D eigenvalue weighted by atomic mass is 9.78. The Hall–Kier alpha value is -4.53. The van der Waals surface area contributed by atoms with Gasteiger partial charge >= 0.3 is 0 Å². The molecule has 45 heavy (non-hydrogen) atoms. The summed E-state index contributed by atoms with van der Waals surface area (Å²) in [7, 11) is 0. The van der Waals surface area contributed by atoms with Crippen molar-refractivity contribution in [1.29, 1.82) is 0 Å². The van der Waals surface area contributed by atoms with Crippen LogP contribution in [0.3, 0.4) is 0 Å². The normalized spacial score (nSPS) is 18.2. The lowest BCUT2D eigenvalue weighted by molar-refractivity contribution is -0.113. The number of aliphatic imine (C=N–C) groups is 1. The summed E-state index contributed by atoms with van der Waals surface area (Å²) in [6.07, 6.45) is 7.45. The number of rotatable bonds is 7. The fourth-order valence-electron chi connectivity index (χ4n) is 5.83. The van der Waals surface area contributed by atoms with E-state index in [-0.39, 0.29) is 35.7 Å². The molecule has 0 atom stereocenters. The molecule has 1 aliphatic heterocycles. The van der Waals surface area contributed by atoms with E-state index in [4.69, 9.17) is 10.7 Å². The van der Waals surface area contributed by atoms with Gasteiger partial charge in [0, 0.05) is 48.0 Å². The highest BCUT2D eigenvalue weighted by Gasteiger charge is 2.39. The molecule has 238 valence electrons. The second-order valence-corrected chi connectivity index (χ2v) is 12.4. The largest absolute Gasteiger partial charge is 0.396 e. The first-order chi connectivity index (χ1) is 21.5. The van der Waals surface area contributed by atoms with E-state index in [1.54, 1.807) is 35.4 Å². The van der Waals surface area contributed by atoms with Crippen molar-refractivity contribution >= 4 is 23.3 Å². The quantitative estimate of drug-likeness (QED) is 0.283. The molecule has 2 heterocycles. The number of amides is 2. The number of aryl methyl sites for hydroxylation is 1. The summed E-state index contributed by atoms with van der Waals surface area (Å²) in [5.41, 5.74) is 10.3. The summed E-state index contributed by atoms with van der Waals surface area (Å²) in [4.78, 5) is 46.2. The Morgan fingerprint density at radius 2 is 1.76 bits per heavy atom. The first kappa shape index (κ1) is 33.4. The zero-order valence-corrected chi connectivity index (χ0v) is 26.7. The van der Waals surface area contributed by atoms with Crippen LogP contribution in [0.2, 0.25) is 0 Å². The average Bonchev–Trinajstić information content (AvgIpc) is 3.75. The molecule has 8 nitrogen and oxygen atoms in total. The highest BCUT2D eigenvalue weighted by molar-refractivity contribution is 6.12. The highest BCUT2D eigenvalue weighted by Crippen LogP contribution is 2.32. The first-order valence-corrected chi connectivity index (χ1v) is 15.6. The topological polar surface area (TPSA) is 121 Å². The third-order valence-corrected chi connectivity index (χ3v) is 8.30. The van der Waals surface area contributed by atoms with E-state index in [1.165, 1.54) is 37.5 Å². The molecule has 1 saturated heterocycles. The zero-order chi connectivity index (χ0) is 32.6. The molecular formula is C36H44FN5O3. The first-order valence-electron chi connectivity index (χ1n) is 15.6. The molecular weight excluding hydrogens is 569 g/mol. The number of halogens is 1. The monoisotopic (exact) mass is 613 g/mol. The summed E-state index contributed by atoms with van der Waals surface area (Å²) < 4.78 is 13.2. The molecule has 0 bridgehead atoms. The molecule has 1 aliphatic carbocycles. The van der Waals surface area contributed by atoms with E-state index < -0.39 is 5.41 Å². The van der Waals surface area contributed by atoms with Gasteiger partial charge in [-0.1, -0.05) is 57.9 Å².